The van der Waals surface area contributed by atoms with Crippen LogP contribution in [-0.2, 0) is 16.0 Å². The SMILES string of the molecule is COC(=O)c1cn([C@H]2C[C@@H](C(=O)NCCc3ccccc3)N(CC=C(C)C)C2)nn1. The van der Waals surface area contributed by atoms with Crippen molar-refractivity contribution in [3.8, 4) is 0 Å². The molecule has 30 heavy (non-hydrogen) atoms. The number of methoxy groups -OCH3 is 1. The molecule has 1 N–H and O–H groups in total. The van der Waals surface area contributed by atoms with Gasteiger partial charge >= 0.3 is 5.97 Å². The molecule has 0 radical (unpaired) electrons. The van der Waals surface area contributed by atoms with Crippen LogP contribution in [-0.4, -0.2) is 64.6 Å². The van der Waals surface area contributed by atoms with Crippen molar-refractivity contribution in [1.82, 2.24) is 25.2 Å². The van der Waals surface area contributed by atoms with E-state index < -0.39 is 5.97 Å². The number of allylic oxidation sites excluding steroid dienone is 1. The summed E-state index contributed by atoms with van der Waals surface area (Å²) >= 11 is 0. The molecule has 1 saturated heterocycles. The number of hydrogen-bond acceptors (Lipinski definition) is 6. The normalized spacial score (nSPS) is 18.8. The van der Waals surface area contributed by atoms with Crippen LogP contribution in [0.3, 0.4) is 0 Å². The van der Waals surface area contributed by atoms with Crippen LogP contribution in [0, 0.1) is 0 Å². The Morgan fingerprint density at radius 3 is 2.73 bits per heavy atom. The smallest absolute Gasteiger partial charge is 0.360 e. The van der Waals surface area contributed by atoms with Gasteiger partial charge in [0, 0.05) is 19.6 Å². The molecule has 0 aliphatic carbocycles. The summed E-state index contributed by atoms with van der Waals surface area (Å²) < 4.78 is 6.37. The number of benzene rings is 1. The van der Waals surface area contributed by atoms with Gasteiger partial charge in [-0.15, -0.1) is 5.10 Å². The molecule has 0 saturated carbocycles. The first-order valence-corrected chi connectivity index (χ1v) is 10.2. The molecule has 8 nitrogen and oxygen atoms in total. The van der Waals surface area contributed by atoms with Crippen molar-refractivity contribution >= 4 is 11.9 Å². The molecule has 1 aliphatic heterocycles. The summed E-state index contributed by atoms with van der Waals surface area (Å²) in [6.45, 7) is 6.03. The number of likely N-dealkylation sites (tertiary alicyclic amines) is 1. The molecule has 1 aromatic carbocycles. The summed E-state index contributed by atoms with van der Waals surface area (Å²) in [6.07, 6.45) is 5.11. The number of esters is 1. The second-order valence-corrected chi connectivity index (χ2v) is 7.74. The lowest BCUT2D eigenvalue weighted by atomic mass is 10.1. The topological polar surface area (TPSA) is 89.4 Å². The minimum Gasteiger partial charge on any atom is -0.464 e. The van der Waals surface area contributed by atoms with Gasteiger partial charge in [0.1, 0.15) is 0 Å². The van der Waals surface area contributed by atoms with Gasteiger partial charge in [0.25, 0.3) is 0 Å². The van der Waals surface area contributed by atoms with Gasteiger partial charge in [-0.25, -0.2) is 9.48 Å². The van der Waals surface area contributed by atoms with Gasteiger partial charge in [-0.3, -0.25) is 9.69 Å². The van der Waals surface area contributed by atoms with Crippen LogP contribution in [0.2, 0.25) is 0 Å². The number of hydrogen-bond donors (Lipinski definition) is 1. The zero-order chi connectivity index (χ0) is 21.5. The largest absolute Gasteiger partial charge is 0.464 e. The van der Waals surface area contributed by atoms with E-state index >= 15 is 0 Å². The van der Waals surface area contributed by atoms with E-state index in [2.05, 4.69) is 38.7 Å². The van der Waals surface area contributed by atoms with E-state index in [-0.39, 0.29) is 23.7 Å². The van der Waals surface area contributed by atoms with Gasteiger partial charge in [0.05, 0.1) is 25.4 Å². The highest BCUT2D eigenvalue weighted by Gasteiger charge is 2.37. The van der Waals surface area contributed by atoms with Gasteiger partial charge in [0.2, 0.25) is 5.91 Å². The van der Waals surface area contributed by atoms with Crippen molar-refractivity contribution in [2.75, 3.05) is 26.7 Å². The van der Waals surface area contributed by atoms with Crippen molar-refractivity contribution in [3.63, 3.8) is 0 Å². The molecule has 1 fully saturated rings. The maximum atomic E-state index is 12.9. The summed E-state index contributed by atoms with van der Waals surface area (Å²) in [7, 11) is 1.31. The van der Waals surface area contributed by atoms with E-state index in [9.17, 15) is 9.59 Å². The number of aromatic nitrogens is 3. The molecular formula is C22H29N5O3. The summed E-state index contributed by atoms with van der Waals surface area (Å²) in [4.78, 5) is 26.8. The molecular weight excluding hydrogens is 382 g/mol. The Hall–Kier alpha value is -3.00. The van der Waals surface area contributed by atoms with Crippen LogP contribution in [0.1, 0.15) is 42.4 Å². The highest BCUT2D eigenvalue weighted by atomic mass is 16.5. The lowest BCUT2D eigenvalue weighted by Gasteiger charge is -2.22. The highest BCUT2D eigenvalue weighted by Crippen LogP contribution is 2.27. The van der Waals surface area contributed by atoms with Crippen molar-refractivity contribution in [3.05, 3.63) is 59.4 Å². The maximum absolute atomic E-state index is 12.9. The molecule has 2 heterocycles. The Morgan fingerprint density at radius 2 is 2.03 bits per heavy atom. The summed E-state index contributed by atoms with van der Waals surface area (Å²) in [5.74, 6) is -0.500. The monoisotopic (exact) mass is 411 g/mol. The third-order valence-corrected chi connectivity index (χ3v) is 5.25. The van der Waals surface area contributed by atoms with Crippen molar-refractivity contribution in [2.24, 2.45) is 0 Å². The molecule has 0 bridgehead atoms. The summed E-state index contributed by atoms with van der Waals surface area (Å²) in [5.41, 5.74) is 2.57. The number of nitrogens with one attached hydrogen (secondary N) is 1. The zero-order valence-electron chi connectivity index (χ0n) is 17.7. The number of ether oxygens (including phenoxy) is 1. The van der Waals surface area contributed by atoms with E-state index in [1.807, 2.05) is 32.0 Å². The van der Waals surface area contributed by atoms with Crippen molar-refractivity contribution in [2.45, 2.75) is 38.8 Å². The van der Waals surface area contributed by atoms with Crippen LogP contribution in [0.5, 0.6) is 0 Å². The second kappa shape index (κ2) is 10.2. The molecule has 1 amide bonds. The third-order valence-electron chi connectivity index (χ3n) is 5.25. The molecule has 0 unspecified atom stereocenters. The van der Waals surface area contributed by atoms with Crippen LogP contribution >= 0.6 is 0 Å². The molecule has 2 atom stereocenters. The van der Waals surface area contributed by atoms with E-state index in [0.29, 0.717) is 26.1 Å². The Labute approximate surface area is 176 Å². The van der Waals surface area contributed by atoms with Crippen LogP contribution in [0.4, 0.5) is 0 Å². The van der Waals surface area contributed by atoms with Crippen molar-refractivity contribution in [1.29, 1.82) is 0 Å². The lowest BCUT2D eigenvalue weighted by molar-refractivity contribution is -0.125. The van der Waals surface area contributed by atoms with Crippen LogP contribution in [0.15, 0.2) is 48.2 Å². The van der Waals surface area contributed by atoms with E-state index in [0.717, 1.165) is 6.42 Å². The average Bonchev–Trinajstić information content (AvgIpc) is 3.39. The second-order valence-electron chi connectivity index (χ2n) is 7.74. The van der Waals surface area contributed by atoms with Crippen LogP contribution < -0.4 is 5.32 Å². The molecule has 160 valence electrons. The van der Waals surface area contributed by atoms with E-state index in [4.69, 9.17) is 4.74 Å². The lowest BCUT2D eigenvalue weighted by Crippen LogP contribution is -2.43. The first-order chi connectivity index (χ1) is 14.5. The molecule has 0 spiro atoms. The first kappa shape index (κ1) is 21.7. The third kappa shape index (κ3) is 5.54. The molecule has 2 aromatic rings. The molecule has 1 aromatic heterocycles. The average molecular weight is 412 g/mol. The standard InChI is InChI=1S/C22H29N5O3/c1-16(2)10-12-26-14-18(27-15-19(24-25-27)22(29)30-3)13-20(26)21(28)23-11-9-17-7-5-4-6-8-17/h4-8,10,15,18,20H,9,11-14H2,1-3H3,(H,23,28)/t18-,20-/m0/s1. The predicted molar refractivity (Wildman–Crippen MR) is 113 cm³/mol. The maximum Gasteiger partial charge on any atom is 0.360 e. The van der Waals surface area contributed by atoms with E-state index in [1.54, 1.807) is 10.9 Å². The number of carbonyl (C=O) groups excluding carboxylic acids is 2. The van der Waals surface area contributed by atoms with E-state index in [1.165, 1.54) is 18.2 Å². The Kier molecular flexibility index (Phi) is 7.35. The Balaban J connectivity index is 1.65. The first-order valence-electron chi connectivity index (χ1n) is 10.2. The number of amides is 1. The number of rotatable bonds is 8. The number of nitrogens with zero attached hydrogens (tertiary/aromatic N) is 4. The van der Waals surface area contributed by atoms with Crippen LogP contribution in [0.25, 0.3) is 0 Å². The van der Waals surface area contributed by atoms with Gasteiger partial charge in [0.15, 0.2) is 5.69 Å². The fraction of sp³-hybridized carbons (Fsp3) is 0.455. The zero-order valence-corrected chi connectivity index (χ0v) is 17.7. The number of carbonyl (C=O) groups is 2. The van der Waals surface area contributed by atoms with Gasteiger partial charge in [-0.05, 0) is 32.3 Å². The summed E-state index contributed by atoms with van der Waals surface area (Å²) in [5, 5.41) is 11.1. The fourth-order valence-corrected chi connectivity index (χ4v) is 3.59. The minimum atomic E-state index is -0.518. The van der Waals surface area contributed by atoms with Crippen molar-refractivity contribution < 1.29 is 14.3 Å². The minimum absolute atomic E-state index is 0.0175. The Morgan fingerprint density at radius 1 is 1.27 bits per heavy atom. The molecule has 3 rings (SSSR count). The quantitative estimate of drug-likeness (QED) is 0.528. The Bertz CT molecular complexity index is 889. The molecule has 8 heteroatoms. The predicted octanol–water partition coefficient (Wildman–Crippen LogP) is 2.01. The fourth-order valence-electron chi connectivity index (χ4n) is 3.59. The highest BCUT2D eigenvalue weighted by molar-refractivity contribution is 5.86. The van der Waals surface area contributed by atoms with Gasteiger partial charge in [-0.1, -0.05) is 47.2 Å². The summed E-state index contributed by atoms with van der Waals surface area (Å²) in [6, 6.07) is 9.81. The molecule has 1 aliphatic rings. The van der Waals surface area contributed by atoms with Gasteiger partial charge in [-0.2, -0.15) is 0 Å². The van der Waals surface area contributed by atoms with Gasteiger partial charge < -0.3 is 10.1 Å².